The van der Waals surface area contributed by atoms with Crippen LogP contribution in [-0.2, 0) is 6.54 Å². The van der Waals surface area contributed by atoms with Crippen LogP contribution in [0.5, 0.6) is 0 Å². The molecule has 6 rings (SSSR count). The van der Waals surface area contributed by atoms with Crippen LogP contribution in [0.15, 0.2) is 33.8 Å². The number of anilines is 1. The Labute approximate surface area is 220 Å². The molecule has 1 saturated heterocycles. The van der Waals surface area contributed by atoms with E-state index in [-0.39, 0.29) is 5.82 Å². The SMILES string of the molecule is CC1CCC(Cn2c(N3CCCCC3C)nc3cc(-c4noc(=O)[nH]4)nc(-c4cncc(Cl)c4)c32)CC1. The number of fused-ring (bicyclic) bond motifs is 1. The molecule has 10 heteroatoms. The number of nitrogens with one attached hydrogen (secondary N) is 1. The molecule has 0 bridgehead atoms. The largest absolute Gasteiger partial charge is 0.439 e. The number of hydrogen-bond acceptors (Lipinski definition) is 7. The quantitative estimate of drug-likeness (QED) is 0.359. The molecule has 1 atom stereocenters. The first-order valence-corrected chi connectivity index (χ1v) is 13.7. The van der Waals surface area contributed by atoms with Crippen molar-refractivity contribution in [2.75, 3.05) is 11.4 Å². The van der Waals surface area contributed by atoms with Crippen molar-refractivity contribution >= 4 is 28.6 Å². The lowest BCUT2D eigenvalue weighted by atomic mass is 9.83. The minimum Gasteiger partial charge on any atom is -0.340 e. The summed E-state index contributed by atoms with van der Waals surface area (Å²) >= 11 is 6.37. The zero-order valence-corrected chi connectivity index (χ0v) is 22.0. The van der Waals surface area contributed by atoms with Crippen LogP contribution in [0.3, 0.4) is 0 Å². The van der Waals surface area contributed by atoms with Gasteiger partial charge in [0.2, 0.25) is 11.8 Å². The van der Waals surface area contributed by atoms with Gasteiger partial charge in [0.1, 0.15) is 5.69 Å². The topological polar surface area (TPSA) is 106 Å². The van der Waals surface area contributed by atoms with Crippen LogP contribution in [0.4, 0.5) is 5.95 Å². The summed E-state index contributed by atoms with van der Waals surface area (Å²) in [4.78, 5) is 31.3. The lowest BCUT2D eigenvalue weighted by molar-refractivity contribution is 0.266. The predicted octanol–water partition coefficient (Wildman–Crippen LogP) is 5.70. The maximum atomic E-state index is 11.7. The first-order valence-electron chi connectivity index (χ1n) is 13.3. The fourth-order valence-electron chi connectivity index (χ4n) is 5.91. The number of H-pyrrole nitrogens is 1. The zero-order valence-electron chi connectivity index (χ0n) is 21.3. The monoisotopic (exact) mass is 521 g/mol. The molecule has 0 amide bonds. The van der Waals surface area contributed by atoms with Gasteiger partial charge in [0.15, 0.2) is 0 Å². The van der Waals surface area contributed by atoms with E-state index in [1.54, 1.807) is 12.4 Å². The summed E-state index contributed by atoms with van der Waals surface area (Å²) in [7, 11) is 0. The second-order valence-corrected chi connectivity index (χ2v) is 11.2. The Morgan fingerprint density at radius 3 is 2.65 bits per heavy atom. The summed E-state index contributed by atoms with van der Waals surface area (Å²) in [5.41, 5.74) is 3.77. The summed E-state index contributed by atoms with van der Waals surface area (Å²) in [6, 6.07) is 4.17. The number of aromatic amines is 1. The molecule has 0 aromatic carbocycles. The van der Waals surface area contributed by atoms with Crippen LogP contribution in [0, 0.1) is 11.8 Å². The van der Waals surface area contributed by atoms with Gasteiger partial charge in [-0.15, -0.1) is 0 Å². The van der Waals surface area contributed by atoms with Crippen LogP contribution in [-0.4, -0.2) is 42.2 Å². The molecule has 0 radical (unpaired) electrons. The van der Waals surface area contributed by atoms with Crippen molar-refractivity contribution in [2.24, 2.45) is 11.8 Å². The van der Waals surface area contributed by atoms with Crippen LogP contribution >= 0.6 is 11.6 Å². The van der Waals surface area contributed by atoms with Gasteiger partial charge in [0.25, 0.3) is 0 Å². The van der Waals surface area contributed by atoms with E-state index in [2.05, 4.69) is 38.4 Å². The highest BCUT2D eigenvalue weighted by atomic mass is 35.5. The summed E-state index contributed by atoms with van der Waals surface area (Å²) in [5, 5.41) is 4.42. The van der Waals surface area contributed by atoms with E-state index in [1.807, 2.05) is 12.1 Å². The molecule has 4 aromatic heterocycles. The lowest BCUT2D eigenvalue weighted by Crippen LogP contribution is -2.39. The molecule has 1 aliphatic heterocycles. The van der Waals surface area contributed by atoms with Gasteiger partial charge in [0, 0.05) is 37.1 Å². The smallest absolute Gasteiger partial charge is 0.340 e. The van der Waals surface area contributed by atoms with Gasteiger partial charge in [-0.3, -0.25) is 14.5 Å². The van der Waals surface area contributed by atoms with Crippen molar-refractivity contribution in [1.82, 2.24) is 29.7 Å². The number of rotatable bonds is 5. The number of pyridine rings is 2. The van der Waals surface area contributed by atoms with Gasteiger partial charge >= 0.3 is 5.76 Å². The lowest BCUT2D eigenvalue weighted by Gasteiger charge is -2.35. The molecule has 5 heterocycles. The Morgan fingerprint density at radius 2 is 1.92 bits per heavy atom. The highest BCUT2D eigenvalue weighted by molar-refractivity contribution is 6.30. The molecule has 2 aliphatic rings. The van der Waals surface area contributed by atoms with Gasteiger partial charge in [0.05, 0.1) is 21.7 Å². The maximum Gasteiger partial charge on any atom is 0.439 e. The van der Waals surface area contributed by atoms with E-state index in [0.29, 0.717) is 22.7 Å². The van der Waals surface area contributed by atoms with E-state index in [1.165, 1.54) is 32.1 Å². The number of halogens is 1. The Bertz CT molecular complexity index is 1470. The summed E-state index contributed by atoms with van der Waals surface area (Å²) in [5.74, 6) is 2.02. The van der Waals surface area contributed by atoms with Crippen molar-refractivity contribution in [3.8, 4) is 22.8 Å². The first kappa shape index (κ1) is 24.2. The van der Waals surface area contributed by atoms with Gasteiger partial charge in [-0.2, -0.15) is 0 Å². The molecular weight excluding hydrogens is 490 g/mol. The number of aromatic nitrogens is 6. The highest BCUT2D eigenvalue weighted by Gasteiger charge is 2.29. The fraction of sp³-hybridized carbons (Fsp3) is 0.519. The third-order valence-electron chi connectivity index (χ3n) is 8.00. The van der Waals surface area contributed by atoms with Crippen molar-refractivity contribution in [3.63, 3.8) is 0 Å². The molecule has 37 heavy (non-hydrogen) atoms. The Hall–Kier alpha value is -3.20. The third kappa shape index (κ3) is 4.77. The Kier molecular flexibility index (Phi) is 6.48. The number of nitrogens with zero attached hydrogens (tertiary/aromatic N) is 6. The molecule has 194 valence electrons. The van der Waals surface area contributed by atoms with E-state index in [0.717, 1.165) is 60.1 Å². The van der Waals surface area contributed by atoms with E-state index >= 15 is 0 Å². The van der Waals surface area contributed by atoms with E-state index in [9.17, 15) is 4.79 Å². The minimum absolute atomic E-state index is 0.270. The molecule has 1 unspecified atom stereocenters. The minimum atomic E-state index is -0.622. The summed E-state index contributed by atoms with van der Waals surface area (Å²) < 4.78 is 7.16. The van der Waals surface area contributed by atoms with Crippen molar-refractivity contribution < 1.29 is 4.52 Å². The van der Waals surface area contributed by atoms with Crippen molar-refractivity contribution in [1.29, 1.82) is 0 Å². The number of hydrogen-bond donors (Lipinski definition) is 1. The average Bonchev–Trinajstić information content (AvgIpc) is 3.49. The molecule has 1 saturated carbocycles. The maximum absolute atomic E-state index is 11.7. The molecular formula is C27H32ClN7O2. The molecule has 2 fully saturated rings. The van der Waals surface area contributed by atoms with E-state index in [4.69, 9.17) is 26.1 Å². The molecule has 1 N–H and O–H groups in total. The normalized spacial score (nSPS) is 22.6. The second kappa shape index (κ2) is 9.93. The zero-order chi connectivity index (χ0) is 25.5. The van der Waals surface area contributed by atoms with Gasteiger partial charge in [-0.1, -0.05) is 36.5 Å². The molecule has 1 aliphatic carbocycles. The van der Waals surface area contributed by atoms with Crippen LogP contribution < -0.4 is 10.7 Å². The summed E-state index contributed by atoms with van der Waals surface area (Å²) in [6.07, 6.45) is 11.9. The highest BCUT2D eigenvalue weighted by Crippen LogP contribution is 2.38. The average molecular weight is 522 g/mol. The van der Waals surface area contributed by atoms with Crippen molar-refractivity contribution in [2.45, 2.75) is 71.4 Å². The van der Waals surface area contributed by atoms with Crippen molar-refractivity contribution in [3.05, 3.63) is 40.1 Å². The van der Waals surface area contributed by atoms with E-state index < -0.39 is 5.76 Å². The third-order valence-corrected chi connectivity index (χ3v) is 8.21. The predicted molar refractivity (Wildman–Crippen MR) is 144 cm³/mol. The van der Waals surface area contributed by atoms with Gasteiger partial charge in [-0.05, 0) is 63.0 Å². The van der Waals surface area contributed by atoms with Crippen LogP contribution in [0.2, 0.25) is 5.02 Å². The Balaban J connectivity index is 1.58. The number of piperidine rings is 1. The Morgan fingerprint density at radius 1 is 1.08 bits per heavy atom. The summed E-state index contributed by atoms with van der Waals surface area (Å²) in [6.45, 7) is 6.52. The second-order valence-electron chi connectivity index (χ2n) is 10.7. The standard InChI is InChI=1S/C27H32ClN7O2/c1-16-6-8-18(9-7-16)15-35-24-21(31-26(35)34-10-4-3-5-17(34)2)12-22(25-32-27(36)37-33-25)30-23(24)19-11-20(28)14-29-13-19/h11-14,16-18H,3-10,15H2,1-2H3,(H,32,33,36). The van der Waals surface area contributed by atoms with Gasteiger partial charge in [-0.25, -0.2) is 14.8 Å². The van der Waals surface area contributed by atoms with Crippen LogP contribution in [0.25, 0.3) is 33.8 Å². The fourth-order valence-corrected chi connectivity index (χ4v) is 6.08. The molecule has 4 aromatic rings. The number of imidazole rings is 1. The molecule has 0 spiro atoms. The van der Waals surface area contributed by atoms with Gasteiger partial charge < -0.3 is 9.47 Å². The molecule has 9 nitrogen and oxygen atoms in total. The van der Waals surface area contributed by atoms with Crippen LogP contribution in [0.1, 0.15) is 58.8 Å². The first-order chi connectivity index (χ1) is 18.0.